The number of hydrogen-bond donors (Lipinski definition) is 0. The number of ether oxygens (including phenoxy) is 1. The molecule has 120 valence electrons. The quantitative estimate of drug-likeness (QED) is 0.326. The molecular formula is C17H17NO4S. The number of carbonyl (C=O) groups excluding carboxylic acids is 1. The molecule has 0 N–H and O–H groups in total. The molecule has 2 aromatic rings. The molecule has 0 amide bonds. The highest BCUT2D eigenvalue weighted by molar-refractivity contribution is 7.99. The first-order valence-electron chi connectivity index (χ1n) is 7.22. The van der Waals surface area contributed by atoms with Crippen molar-refractivity contribution in [1.29, 1.82) is 0 Å². The third-order valence-corrected chi connectivity index (χ3v) is 4.42. The number of rotatable bonds is 7. The van der Waals surface area contributed by atoms with Crippen molar-refractivity contribution in [3.8, 4) is 0 Å². The molecule has 0 heterocycles. The van der Waals surface area contributed by atoms with Gasteiger partial charge < -0.3 is 4.74 Å². The fourth-order valence-corrected chi connectivity index (χ4v) is 3.21. The van der Waals surface area contributed by atoms with Crippen molar-refractivity contribution in [2.24, 2.45) is 0 Å². The number of nitrogens with zero attached hydrogens (tertiary/aromatic N) is 1. The van der Waals surface area contributed by atoms with Crippen molar-refractivity contribution in [2.75, 3.05) is 6.61 Å². The third-order valence-electron chi connectivity index (χ3n) is 3.15. The highest BCUT2D eigenvalue weighted by Gasteiger charge is 2.18. The van der Waals surface area contributed by atoms with Crippen molar-refractivity contribution < 1.29 is 14.5 Å². The second-order valence-electron chi connectivity index (χ2n) is 4.78. The number of nitro groups is 1. The lowest BCUT2D eigenvalue weighted by molar-refractivity contribution is -0.384. The summed E-state index contributed by atoms with van der Waals surface area (Å²) in [6.07, 6.45) is 0.250. The molecular weight excluding hydrogens is 314 g/mol. The Balaban J connectivity index is 2.16. The monoisotopic (exact) mass is 331 g/mol. The highest BCUT2D eigenvalue weighted by Crippen LogP contribution is 2.38. The standard InChI is InChI=1S/C17H17NO4S/c1-2-22-17(19)12-16(13-6-4-3-5-7-13)23-15-10-8-14(9-11-15)18(20)21/h3-11,16H,2,12H2,1H3. The Labute approximate surface area is 138 Å². The number of esters is 1. The van der Waals surface area contributed by atoms with E-state index in [4.69, 9.17) is 4.74 Å². The molecule has 0 saturated carbocycles. The molecule has 0 spiro atoms. The first kappa shape index (κ1) is 17.0. The van der Waals surface area contributed by atoms with Gasteiger partial charge in [0.2, 0.25) is 0 Å². The van der Waals surface area contributed by atoms with Gasteiger partial charge in [-0.05, 0) is 24.6 Å². The van der Waals surface area contributed by atoms with Gasteiger partial charge in [0.05, 0.1) is 18.0 Å². The molecule has 1 atom stereocenters. The van der Waals surface area contributed by atoms with Crippen molar-refractivity contribution >= 4 is 23.4 Å². The smallest absolute Gasteiger partial charge is 0.307 e. The summed E-state index contributed by atoms with van der Waals surface area (Å²) in [6, 6.07) is 16.0. The van der Waals surface area contributed by atoms with E-state index in [0.29, 0.717) is 6.61 Å². The predicted molar refractivity (Wildman–Crippen MR) is 89.4 cm³/mol. The van der Waals surface area contributed by atoms with E-state index in [9.17, 15) is 14.9 Å². The van der Waals surface area contributed by atoms with E-state index in [1.165, 1.54) is 23.9 Å². The zero-order chi connectivity index (χ0) is 16.7. The molecule has 0 fully saturated rings. The molecule has 5 nitrogen and oxygen atoms in total. The Hall–Kier alpha value is -2.34. The Morgan fingerprint density at radius 1 is 1.17 bits per heavy atom. The maximum Gasteiger partial charge on any atom is 0.307 e. The highest BCUT2D eigenvalue weighted by atomic mass is 32.2. The Morgan fingerprint density at radius 2 is 1.83 bits per heavy atom. The van der Waals surface area contributed by atoms with E-state index in [-0.39, 0.29) is 23.3 Å². The summed E-state index contributed by atoms with van der Waals surface area (Å²) >= 11 is 1.49. The van der Waals surface area contributed by atoms with Gasteiger partial charge in [-0.25, -0.2) is 0 Å². The summed E-state index contributed by atoms with van der Waals surface area (Å²) < 4.78 is 5.04. The minimum absolute atomic E-state index is 0.0519. The Morgan fingerprint density at radius 3 is 2.39 bits per heavy atom. The van der Waals surface area contributed by atoms with Gasteiger partial charge in [0.1, 0.15) is 0 Å². The minimum atomic E-state index is -0.429. The van der Waals surface area contributed by atoms with Crippen molar-refractivity contribution in [3.63, 3.8) is 0 Å². The van der Waals surface area contributed by atoms with E-state index in [0.717, 1.165) is 10.5 Å². The first-order chi connectivity index (χ1) is 11.1. The zero-order valence-electron chi connectivity index (χ0n) is 12.7. The fourth-order valence-electron chi connectivity index (χ4n) is 2.08. The van der Waals surface area contributed by atoms with Crippen LogP contribution in [0.25, 0.3) is 0 Å². The van der Waals surface area contributed by atoms with Crippen LogP contribution in [0.2, 0.25) is 0 Å². The molecule has 0 saturated heterocycles. The van der Waals surface area contributed by atoms with Gasteiger partial charge in [-0.15, -0.1) is 11.8 Å². The number of benzene rings is 2. The minimum Gasteiger partial charge on any atom is -0.466 e. The van der Waals surface area contributed by atoms with Crippen LogP contribution in [0.3, 0.4) is 0 Å². The summed E-state index contributed by atoms with van der Waals surface area (Å²) in [5, 5.41) is 10.6. The number of hydrogen-bond acceptors (Lipinski definition) is 5. The molecule has 6 heteroatoms. The largest absolute Gasteiger partial charge is 0.466 e. The van der Waals surface area contributed by atoms with Crippen LogP contribution in [0.4, 0.5) is 5.69 Å². The Bertz CT molecular complexity index is 658. The van der Waals surface area contributed by atoms with Crippen LogP contribution in [0.1, 0.15) is 24.2 Å². The second kappa shape index (κ2) is 8.33. The van der Waals surface area contributed by atoms with Gasteiger partial charge in [-0.3, -0.25) is 14.9 Å². The second-order valence-corrected chi connectivity index (χ2v) is 6.05. The molecule has 0 aliphatic carbocycles. The van der Waals surface area contributed by atoms with Gasteiger partial charge in [0.15, 0.2) is 0 Å². The summed E-state index contributed by atoms with van der Waals surface area (Å²) in [6.45, 7) is 2.13. The first-order valence-corrected chi connectivity index (χ1v) is 8.09. The average Bonchev–Trinajstić information content (AvgIpc) is 2.56. The zero-order valence-corrected chi connectivity index (χ0v) is 13.5. The molecule has 0 aromatic heterocycles. The normalized spacial score (nSPS) is 11.7. The summed E-state index contributed by atoms with van der Waals surface area (Å²) in [5.41, 5.74) is 1.07. The van der Waals surface area contributed by atoms with Gasteiger partial charge in [-0.1, -0.05) is 30.3 Å². The topological polar surface area (TPSA) is 69.4 Å². The molecule has 0 aliphatic heterocycles. The summed E-state index contributed by atoms with van der Waals surface area (Å²) in [7, 11) is 0. The maximum absolute atomic E-state index is 11.8. The lowest BCUT2D eigenvalue weighted by Crippen LogP contribution is -2.08. The fraction of sp³-hybridized carbons (Fsp3) is 0.235. The van der Waals surface area contributed by atoms with E-state index in [2.05, 4.69) is 0 Å². The van der Waals surface area contributed by atoms with Crippen LogP contribution < -0.4 is 0 Å². The molecule has 2 aromatic carbocycles. The third kappa shape index (κ3) is 5.10. The molecule has 2 rings (SSSR count). The average molecular weight is 331 g/mol. The maximum atomic E-state index is 11.8. The van der Waals surface area contributed by atoms with Gasteiger partial charge in [0.25, 0.3) is 5.69 Å². The number of carbonyl (C=O) groups is 1. The van der Waals surface area contributed by atoms with Gasteiger partial charge in [0, 0.05) is 22.3 Å². The van der Waals surface area contributed by atoms with Crippen LogP contribution in [0.15, 0.2) is 59.5 Å². The molecule has 0 aliphatic rings. The molecule has 0 radical (unpaired) electrons. The lowest BCUT2D eigenvalue weighted by Gasteiger charge is -2.16. The van der Waals surface area contributed by atoms with Crippen LogP contribution in [-0.4, -0.2) is 17.5 Å². The van der Waals surface area contributed by atoms with E-state index >= 15 is 0 Å². The van der Waals surface area contributed by atoms with E-state index in [1.807, 2.05) is 30.3 Å². The summed E-state index contributed by atoms with van der Waals surface area (Å²) in [4.78, 5) is 23.0. The van der Waals surface area contributed by atoms with Gasteiger partial charge >= 0.3 is 5.97 Å². The van der Waals surface area contributed by atoms with Crippen molar-refractivity contribution in [1.82, 2.24) is 0 Å². The Kier molecular flexibility index (Phi) is 6.17. The van der Waals surface area contributed by atoms with Crippen LogP contribution in [0, 0.1) is 10.1 Å². The number of non-ortho nitro benzene ring substituents is 1. The molecule has 0 bridgehead atoms. The lowest BCUT2D eigenvalue weighted by atomic mass is 10.1. The van der Waals surface area contributed by atoms with Crippen molar-refractivity contribution in [3.05, 3.63) is 70.3 Å². The number of nitro benzene ring substituents is 1. The summed E-state index contributed by atoms with van der Waals surface area (Å²) in [5.74, 6) is -0.254. The molecule has 1 unspecified atom stereocenters. The number of thioether (sulfide) groups is 1. The van der Waals surface area contributed by atoms with Crippen LogP contribution in [-0.2, 0) is 9.53 Å². The SMILES string of the molecule is CCOC(=O)CC(Sc1ccc([N+](=O)[O-])cc1)c1ccccc1. The van der Waals surface area contributed by atoms with Crippen LogP contribution in [0.5, 0.6) is 0 Å². The van der Waals surface area contributed by atoms with E-state index in [1.54, 1.807) is 19.1 Å². The van der Waals surface area contributed by atoms with E-state index < -0.39 is 4.92 Å². The predicted octanol–water partition coefficient (Wildman–Crippen LogP) is 4.38. The molecule has 23 heavy (non-hydrogen) atoms. The van der Waals surface area contributed by atoms with Crippen LogP contribution >= 0.6 is 11.8 Å². The van der Waals surface area contributed by atoms with Gasteiger partial charge in [-0.2, -0.15) is 0 Å². The van der Waals surface area contributed by atoms with Crippen molar-refractivity contribution in [2.45, 2.75) is 23.5 Å².